The van der Waals surface area contributed by atoms with E-state index in [1.807, 2.05) is 30.7 Å². The van der Waals surface area contributed by atoms with E-state index in [-0.39, 0.29) is 42.0 Å². The lowest BCUT2D eigenvalue weighted by molar-refractivity contribution is 0.113. The average Bonchev–Trinajstić information content (AvgIpc) is 3.46. The lowest BCUT2D eigenvalue weighted by atomic mass is 9.94. The average molecular weight is 526 g/mol. The highest BCUT2D eigenvalue weighted by molar-refractivity contribution is 14.0. The number of aromatic nitrogens is 3. The van der Waals surface area contributed by atoms with Gasteiger partial charge in [0, 0.05) is 37.7 Å². The van der Waals surface area contributed by atoms with E-state index in [0.717, 1.165) is 49.4 Å². The molecule has 0 amide bonds. The minimum absolute atomic E-state index is 0. The van der Waals surface area contributed by atoms with Gasteiger partial charge in [0.15, 0.2) is 11.8 Å². The van der Waals surface area contributed by atoms with Crippen LogP contribution in [0, 0.1) is 6.92 Å². The van der Waals surface area contributed by atoms with Gasteiger partial charge in [-0.25, -0.2) is 4.99 Å². The standard InChI is InChI=1S/C21H30N6O2.HI/c1-14(18-13-29-19-9-5-4-8-17(18)19)24-21(22-11-16-7-6-10-28-16)23-12-20-26-25-15(2)27(20)3;/h4-5,8-9,14,16,18H,6-7,10-13H2,1-3H3,(H2,22,23,24);1H. The van der Waals surface area contributed by atoms with Crippen molar-refractivity contribution in [3.63, 3.8) is 0 Å². The third-order valence-corrected chi connectivity index (χ3v) is 5.79. The first-order valence-electron chi connectivity index (χ1n) is 10.3. The van der Waals surface area contributed by atoms with Gasteiger partial charge in [-0.1, -0.05) is 18.2 Å². The zero-order chi connectivity index (χ0) is 20.2. The van der Waals surface area contributed by atoms with E-state index < -0.39 is 0 Å². The van der Waals surface area contributed by atoms with E-state index in [4.69, 9.17) is 14.5 Å². The number of benzene rings is 1. The highest BCUT2D eigenvalue weighted by Crippen LogP contribution is 2.35. The highest BCUT2D eigenvalue weighted by atomic mass is 127. The number of rotatable bonds is 6. The van der Waals surface area contributed by atoms with Gasteiger partial charge in [0.1, 0.15) is 18.1 Å². The number of aliphatic imine (C=N–C) groups is 1. The maximum Gasteiger partial charge on any atom is 0.192 e. The molecule has 2 aliphatic heterocycles. The van der Waals surface area contributed by atoms with Crippen molar-refractivity contribution >= 4 is 29.9 Å². The smallest absolute Gasteiger partial charge is 0.192 e. The van der Waals surface area contributed by atoms with Crippen LogP contribution < -0.4 is 15.4 Å². The summed E-state index contributed by atoms with van der Waals surface area (Å²) >= 11 is 0. The minimum atomic E-state index is 0. The summed E-state index contributed by atoms with van der Waals surface area (Å²) in [6, 6.07) is 8.41. The molecular formula is C21H31IN6O2. The van der Waals surface area contributed by atoms with Crippen molar-refractivity contribution < 1.29 is 9.47 Å². The summed E-state index contributed by atoms with van der Waals surface area (Å²) in [6.45, 7) is 6.84. The number of aryl methyl sites for hydroxylation is 1. The van der Waals surface area contributed by atoms with E-state index in [1.54, 1.807) is 0 Å². The molecule has 3 atom stereocenters. The number of hydrogen-bond donors (Lipinski definition) is 2. The Labute approximate surface area is 194 Å². The summed E-state index contributed by atoms with van der Waals surface area (Å²) in [5.74, 6) is 3.73. The fourth-order valence-electron chi connectivity index (χ4n) is 3.82. The van der Waals surface area contributed by atoms with Crippen molar-refractivity contribution in [2.45, 2.75) is 51.3 Å². The van der Waals surface area contributed by atoms with Gasteiger partial charge in [-0.15, -0.1) is 34.2 Å². The Kier molecular flexibility index (Phi) is 7.93. The van der Waals surface area contributed by atoms with E-state index >= 15 is 0 Å². The van der Waals surface area contributed by atoms with Crippen LogP contribution in [0.5, 0.6) is 5.75 Å². The molecule has 8 nitrogen and oxygen atoms in total. The number of halogens is 1. The molecule has 0 radical (unpaired) electrons. The van der Waals surface area contributed by atoms with Crippen LogP contribution in [-0.4, -0.2) is 52.6 Å². The summed E-state index contributed by atoms with van der Waals surface area (Å²) in [4.78, 5) is 4.77. The molecule has 1 aromatic carbocycles. The molecule has 2 aliphatic rings. The molecule has 9 heteroatoms. The molecule has 1 fully saturated rings. The van der Waals surface area contributed by atoms with Crippen molar-refractivity contribution in [2.24, 2.45) is 12.0 Å². The molecule has 2 N–H and O–H groups in total. The number of ether oxygens (including phenoxy) is 2. The lowest BCUT2D eigenvalue weighted by Gasteiger charge is -2.23. The second kappa shape index (κ2) is 10.4. The van der Waals surface area contributed by atoms with Crippen molar-refractivity contribution in [3.05, 3.63) is 41.5 Å². The van der Waals surface area contributed by atoms with Crippen molar-refractivity contribution in [1.82, 2.24) is 25.4 Å². The van der Waals surface area contributed by atoms with Crippen molar-refractivity contribution in [3.8, 4) is 5.75 Å². The zero-order valence-electron chi connectivity index (χ0n) is 17.8. The molecule has 4 rings (SSSR count). The Morgan fingerprint density at radius 3 is 2.90 bits per heavy atom. The summed E-state index contributed by atoms with van der Waals surface area (Å²) < 4.78 is 13.6. The molecule has 1 saturated heterocycles. The predicted molar refractivity (Wildman–Crippen MR) is 127 cm³/mol. The van der Waals surface area contributed by atoms with Crippen molar-refractivity contribution in [2.75, 3.05) is 19.8 Å². The maximum atomic E-state index is 5.86. The number of guanidine groups is 1. The Morgan fingerprint density at radius 1 is 1.33 bits per heavy atom. The quantitative estimate of drug-likeness (QED) is 0.342. The summed E-state index contributed by atoms with van der Waals surface area (Å²) in [7, 11) is 1.96. The normalized spacial score (nSPS) is 21.5. The third-order valence-electron chi connectivity index (χ3n) is 5.79. The first-order chi connectivity index (χ1) is 14.1. The number of para-hydroxylation sites is 1. The van der Waals surface area contributed by atoms with Crippen LogP contribution in [0.1, 0.15) is 42.9 Å². The first-order valence-corrected chi connectivity index (χ1v) is 10.3. The van der Waals surface area contributed by atoms with Gasteiger partial charge < -0.3 is 24.7 Å². The largest absolute Gasteiger partial charge is 0.493 e. The molecule has 30 heavy (non-hydrogen) atoms. The van der Waals surface area contributed by atoms with Gasteiger partial charge >= 0.3 is 0 Å². The first kappa shape index (κ1) is 22.8. The van der Waals surface area contributed by atoms with Gasteiger partial charge in [0.25, 0.3) is 0 Å². The Hall–Kier alpha value is -1.88. The number of nitrogens with zero attached hydrogens (tertiary/aromatic N) is 4. The maximum absolute atomic E-state index is 5.86. The molecule has 2 aromatic rings. The molecule has 3 heterocycles. The fourth-order valence-corrected chi connectivity index (χ4v) is 3.82. The van der Waals surface area contributed by atoms with Crippen LogP contribution >= 0.6 is 24.0 Å². The van der Waals surface area contributed by atoms with Crippen LogP contribution in [0.3, 0.4) is 0 Å². The minimum Gasteiger partial charge on any atom is -0.493 e. The monoisotopic (exact) mass is 526 g/mol. The molecule has 0 bridgehead atoms. The number of nitrogens with one attached hydrogen (secondary N) is 2. The molecule has 0 aliphatic carbocycles. The van der Waals surface area contributed by atoms with Gasteiger partial charge in [-0.2, -0.15) is 0 Å². The summed E-state index contributed by atoms with van der Waals surface area (Å²) in [6.07, 6.45) is 2.45. The van der Waals surface area contributed by atoms with Gasteiger partial charge in [-0.3, -0.25) is 0 Å². The van der Waals surface area contributed by atoms with Crippen LogP contribution in [-0.2, 0) is 18.3 Å². The Balaban J connectivity index is 0.00000256. The van der Waals surface area contributed by atoms with Gasteiger partial charge in [0.05, 0.1) is 12.7 Å². The van der Waals surface area contributed by atoms with Crippen molar-refractivity contribution in [1.29, 1.82) is 0 Å². The fraction of sp³-hybridized carbons (Fsp3) is 0.571. The SMILES string of the molecule is Cc1nnc(CN=C(NCC2CCCO2)NC(C)C2COc3ccccc32)n1C.I. The van der Waals surface area contributed by atoms with Gasteiger partial charge in [-0.05, 0) is 32.8 Å². The summed E-state index contributed by atoms with van der Waals surface area (Å²) in [5.41, 5.74) is 1.25. The number of fused-ring (bicyclic) bond motifs is 1. The number of hydrogen-bond acceptors (Lipinski definition) is 5. The van der Waals surface area contributed by atoms with E-state index in [9.17, 15) is 0 Å². The molecule has 1 aromatic heterocycles. The third kappa shape index (κ3) is 5.23. The van der Waals surface area contributed by atoms with Gasteiger partial charge in [0.2, 0.25) is 0 Å². The van der Waals surface area contributed by atoms with Crippen LogP contribution in [0.25, 0.3) is 0 Å². The summed E-state index contributed by atoms with van der Waals surface area (Å²) in [5, 5.41) is 15.4. The lowest BCUT2D eigenvalue weighted by Crippen LogP contribution is -2.47. The Bertz CT molecular complexity index is 865. The second-order valence-corrected chi connectivity index (χ2v) is 7.79. The van der Waals surface area contributed by atoms with E-state index in [0.29, 0.717) is 13.2 Å². The Morgan fingerprint density at radius 2 is 2.17 bits per heavy atom. The molecule has 0 spiro atoms. The van der Waals surface area contributed by atoms with E-state index in [1.165, 1.54) is 5.56 Å². The molecular weight excluding hydrogens is 495 g/mol. The van der Waals surface area contributed by atoms with Crippen LogP contribution in [0.4, 0.5) is 0 Å². The van der Waals surface area contributed by atoms with E-state index in [2.05, 4.69) is 39.9 Å². The highest BCUT2D eigenvalue weighted by Gasteiger charge is 2.29. The predicted octanol–water partition coefficient (Wildman–Crippen LogP) is 2.52. The molecule has 164 valence electrons. The molecule has 0 saturated carbocycles. The molecule has 3 unspecified atom stereocenters. The van der Waals surface area contributed by atoms with Crippen LogP contribution in [0.15, 0.2) is 29.3 Å². The zero-order valence-corrected chi connectivity index (χ0v) is 20.1. The van der Waals surface area contributed by atoms with Crippen LogP contribution in [0.2, 0.25) is 0 Å². The topological polar surface area (TPSA) is 85.6 Å². The second-order valence-electron chi connectivity index (χ2n) is 7.79.